The van der Waals surface area contributed by atoms with Crippen molar-refractivity contribution >= 4 is 21.6 Å². The van der Waals surface area contributed by atoms with Gasteiger partial charge in [0, 0.05) is 18.5 Å². The number of nitrogens with one attached hydrogen (secondary N) is 2. The highest BCUT2D eigenvalue weighted by atomic mass is 32.2. The molecule has 0 aromatic heterocycles. The monoisotopic (exact) mass is 312 g/mol. The Hall–Kier alpha value is -2.02. The van der Waals surface area contributed by atoms with E-state index < -0.39 is 15.9 Å². The molecule has 116 valence electrons. The Bertz CT molecular complexity index is 594. The number of ether oxygens (including phenoxy) is 1. The van der Waals surface area contributed by atoms with Gasteiger partial charge in [-0.15, -0.1) is 0 Å². The van der Waals surface area contributed by atoms with E-state index in [0.29, 0.717) is 18.0 Å². The maximum absolute atomic E-state index is 11.5. The SMILES string of the molecule is C=C(C)COc1ccc(NC(=O)NCCS(C)(=O)=O)cc1. The van der Waals surface area contributed by atoms with Crippen molar-refractivity contribution in [2.45, 2.75) is 6.92 Å². The Balaban J connectivity index is 2.41. The van der Waals surface area contributed by atoms with Gasteiger partial charge in [-0.25, -0.2) is 13.2 Å². The maximum atomic E-state index is 11.5. The number of rotatable bonds is 7. The van der Waals surface area contributed by atoms with Gasteiger partial charge in [-0.3, -0.25) is 0 Å². The van der Waals surface area contributed by atoms with Crippen molar-refractivity contribution < 1.29 is 17.9 Å². The van der Waals surface area contributed by atoms with Crippen molar-refractivity contribution in [3.8, 4) is 5.75 Å². The predicted octanol–water partition coefficient (Wildman–Crippen LogP) is 1.81. The fraction of sp³-hybridized carbons (Fsp3) is 0.357. The van der Waals surface area contributed by atoms with Gasteiger partial charge in [-0.1, -0.05) is 6.58 Å². The van der Waals surface area contributed by atoms with Crippen LogP contribution >= 0.6 is 0 Å². The molecule has 1 aromatic carbocycles. The Morgan fingerprint density at radius 1 is 1.29 bits per heavy atom. The van der Waals surface area contributed by atoms with Crippen molar-refractivity contribution in [1.29, 1.82) is 0 Å². The van der Waals surface area contributed by atoms with Gasteiger partial charge in [-0.05, 0) is 36.8 Å². The van der Waals surface area contributed by atoms with Crippen LogP contribution in [0.1, 0.15) is 6.92 Å². The van der Waals surface area contributed by atoms with Crippen LogP contribution in [0.2, 0.25) is 0 Å². The normalized spacial score (nSPS) is 10.8. The first kappa shape index (κ1) is 17.0. The lowest BCUT2D eigenvalue weighted by molar-refractivity contribution is 0.252. The van der Waals surface area contributed by atoms with Crippen molar-refractivity contribution in [2.24, 2.45) is 0 Å². The van der Waals surface area contributed by atoms with Crippen LogP contribution in [0, 0.1) is 0 Å². The quantitative estimate of drug-likeness (QED) is 0.752. The summed E-state index contributed by atoms with van der Waals surface area (Å²) in [7, 11) is -3.08. The second-order valence-electron chi connectivity index (χ2n) is 4.78. The number of carbonyl (C=O) groups excluding carboxylic acids is 1. The highest BCUT2D eigenvalue weighted by Crippen LogP contribution is 2.16. The minimum atomic E-state index is -3.08. The van der Waals surface area contributed by atoms with Gasteiger partial charge in [0.25, 0.3) is 0 Å². The first-order valence-electron chi connectivity index (χ1n) is 6.36. The molecular weight excluding hydrogens is 292 g/mol. The third-order valence-corrected chi connectivity index (χ3v) is 3.30. The third-order valence-electron chi connectivity index (χ3n) is 2.36. The topological polar surface area (TPSA) is 84.5 Å². The van der Waals surface area contributed by atoms with Crippen LogP contribution in [0.5, 0.6) is 5.75 Å². The van der Waals surface area contributed by atoms with Gasteiger partial charge < -0.3 is 15.4 Å². The molecule has 0 saturated heterocycles. The predicted molar refractivity (Wildman–Crippen MR) is 83.5 cm³/mol. The number of anilines is 1. The van der Waals surface area contributed by atoms with Gasteiger partial charge in [-0.2, -0.15) is 0 Å². The fourth-order valence-electron chi connectivity index (χ4n) is 1.37. The standard InChI is InChI=1S/C14H20N2O4S/c1-11(2)10-20-13-6-4-12(5-7-13)16-14(17)15-8-9-21(3,18)19/h4-7H,1,8-10H2,2-3H3,(H2,15,16,17). The number of urea groups is 1. The average Bonchev–Trinajstić information content (AvgIpc) is 2.36. The summed E-state index contributed by atoms with van der Waals surface area (Å²) in [6, 6.07) is 6.41. The van der Waals surface area contributed by atoms with Gasteiger partial charge in [0.2, 0.25) is 0 Å². The first-order valence-corrected chi connectivity index (χ1v) is 8.42. The molecule has 6 nitrogen and oxygen atoms in total. The van der Waals surface area contributed by atoms with Crippen LogP contribution in [-0.4, -0.2) is 39.6 Å². The van der Waals surface area contributed by atoms with Crippen LogP contribution < -0.4 is 15.4 Å². The number of hydrogen-bond donors (Lipinski definition) is 2. The van der Waals surface area contributed by atoms with E-state index in [4.69, 9.17) is 4.74 Å². The second-order valence-corrected chi connectivity index (χ2v) is 7.04. The Morgan fingerprint density at radius 2 is 1.90 bits per heavy atom. The summed E-state index contributed by atoms with van der Waals surface area (Å²) in [5.41, 5.74) is 1.51. The molecule has 0 spiro atoms. The molecule has 0 fully saturated rings. The zero-order valence-electron chi connectivity index (χ0n) is 12.2. The van der Waals surface area contributed by atoms with Crippen molar-refractivity contribution in [3.05, 3.63) is 36.4 Å². The molecule has 0 aliphatic heterocycles. The fourth-order valence-corrected chi connectivity index (χ4v) is 1.84. The zero-order chi connectivity index (χ0) is 15.9. The molecule has 0 atom stereocenters. The summed E-state index contributed by atoms with van der Waals surface area (Å²) in [5.74, 6) is 0.592. The molecule has 0 radical (unpaired) electrons. The summed E-state index contributed by atoms with van der Waals surface area (Å²) in [5, 5.41) is 5.07. The van der Waals surface area contributed by atoms with Gasteiger partial charge in [0.05, 0.1) is 5.75 Å². The molecule has 1 aromatic rings. The van der Waals surface area contributed by atoms with E-state index in [1.807, 2.05) is 6.92 Å². The molecule has 0 unspecified atom stereocenters. The third kappa shape index (κ3) is 7.98. The molecule has 0 heterocycles. The summed E-state index contributed by atoms with van der Waals surface area (Å²) in [6.45, 7) is 6.13. The number of sulfone groups is 1. The van der Waals surface area contributed by atoms with Crippen LogP contribution in [0.25, 0.3) is 0 Å². The smallest absolute Gasteiger partial charge is 0.319 e. The molecule has 0 bridgehead atoms. The molecule has 21 heavy (non-hydrogen) atoms. The Morgan fingerprint density at radius 3 is 2.43 bits per heavy atom. The number of hydrogen-bond acceptors (Lipinski definition) is 4. The highest BCUT2D eigenvalue weighted by Gasteiger charge is 2.05. The van der Waals surface area contributed by atoms with Crippen LogP contribution in [0.4, 0.5) is 10.5 Å². The van der Waals surface area contributed by atoms with Crippen molar-refractivity contribution in [2.75, 3.05) is 30.5 Å². The number of amides is 2. The van der Waals surface area contributed by atoms with E-state index in [2.05, 4.69) is 17.2 Å². The molecule has 0 aliphatic rings. The van der Waals surface area contributed by atoms with Crippen LogP contribution in [0.15, 0.2) is 36.4 Å². The van der Waals surface area contributed by atoms with E-state index in [0.717, 1.165) is 11.8 Å². The van der Waals surface area contributed by atoms with Gasteiger partial charge in [0.1, 0.15) is 22.2 Å². The molecule has 7 heteroatoms. The molecule has 0 saturated carbocycles. The lowest BCUT2D eigenvalue weighted by atomic mass is 10.3. The molecule has 2 N–H and O–H groups in total. The Kier molecular flexibility index (Phi) is 6.23. The molecule has 1 rings (SSSR count). The average molecular weight is 312 g/mol. The van der Waals surface area contributed by atoms with E-state index in [9.17, 15) is 13.2 Å². The summed E-state index contributed by atoms with van der Waals surface area (Å²) in [4.78, 5) is 11.5. The van der Waals surface area contributed by atoms with Crippen molar-refractivity contribution in [3.63, 3.8) is 0 Å². The number of carbonyl (C=O) groups is 1. The molecule has 2 amide bonds. The summed E-state index contributed by atoms with van der Waals surface area (Å²) >= 11 is 0. The van der Waals surface area contributed by atoms with E-state index in [1.165, 1.54) is 0 Å². The first-order chi connectivity index (χ1) is 9.76. The lowest BCUT2D eigenvalue weighted by Crippen LogP contribution is -2.32. The van der Waals surface area contributed by atoms with Crippen LogP contribution in [0.3, 0.4) is 0 Å². The van der Waals surface area contributed by atoms with E-state index in [-0.39, 0.29) is 12.3 Å². The van der Waals surface area contributed by atoms with Gasteiger partial charge in [0.15, 0.2) is 0 Å². The summed E-state index contributed by atoms with van der Waals surface area (Å²) in [6.07, 6.45) is 1.12. The minimum Gasteiger partial charge on any atom is -0.489 e. The Labute approximate surface area is 125 Å². The second kappa shape index (κ2) is 7.68. The van der Waals surface area contributed by atoms with E-state index >= 15 is 0 Å². The number of benzene rings is 1. The lowest BCUT2D eigenvalue weighted by Gasteiger charge is -2.09. The minimum absolute atomic E-state index is 0.0739. The van der Waals surface area contributed by atoms with Gasteiger partial charge >= 0.3 is 6.03 Å². The highest BCUT2D eigenvalue weighted by molar-refractivity contribution is 7.90. The van der Waals surface area contributed by atoms with Crippen molar-refractivity contribution in [1.82, 2.24) is 5.32 Å². The molecular formula is C14H20N2O4S. The van der Waals surface area contributed by atoms with Crippen LogP contribution in [-0.2, 0) is 9.84 Å². The zero-order valence-corrected chi connectivity index (χ0v) is 13.0. The largest absolute Gasteiger partial charge is 0.489 e. The van der Waals surface area contributed by atoms with E-state index in [1.54, 1.807) is 24.3 Å². The summed E-state index contributed by atoms with van der Waals surface area (Å²) < 4.78 is 27.3. The maximum Gasteiger partial charge on any atom is 0.319 e. The molecule has 0 aliphatic carbocycles.